The Morgan fingerprint density at radius 2 is 1.85 bits per heavy atom. The van der Waals surface area contributed by atoms with E-state index in [2.05, 4.69) is 4.98 Å². The molecule has 2 aromatic carbocycles. The van der Waals surface area contributed by atoms with Crippen LogP contribution in [0, 0.1) is 0 Å². The van der Waals surface area contributed by atoms with Gasteiger partial charge in [-0.1, -0.05) is 12.1 Å². The lowest BCUT2D eigenvalue weighted by atomic mass is 10.2. The Balaban J connectivity index is 1.52. The molecular formula is C21H22N2O4. The average molecular weight is 366 g/mol. The molecule has 0 spiro atoms. The zero-order chi connectivity index (χ0) is 19.2. The molecule has 3 aromatic rings. The van der Waals surface area contributed by atoms with Gasteiger partial charge in [0.05, 0.1) is 35.5 Å². The van der Waals surface area contributed by atoms with Gasteiger partial charge < -0.3 is 9.47 Å². The second-order valence-corrected chi connectivity index (χ2v) is 6.44. The topological polar surface area (TPSA) is 70.4 Å². The van der Waals surface area contributed by atoms with Gasteiger partial charge in [-0.15, -0.1) is 0 Å². The van der Waals surface area contributed by atoms with Gasteiger partial charge in [-0.3, -0.25) is 9.36 Å². The van der Waals surface area contributed by atoms with Crippen molar-refractivity contribution in [1.82, 2.24) is 9.55 Å². The number of nitrogens with zero attached hydrogens (tertiary/aromatic N) is 2. The Bertz CT molecular complexity index is 977. The molecule has 0 fully saturated rings. The lowest BCUT2D eigenvalue weighted by Gasteiger charge is -2.10. The van der Waals surface area contributed by atoms with E-state index in [-0.39, 0.29) is 18.3 Å². The largest absolute Gasteiger partial charge is 0.491 e. The van der Waals surface area contributed by atoms with Gasteiger partial charge in [0.2, 0.25) is 0 Å². The van der Waals surface area contributed by atoms with E-state index in [0.29, 0.717) is 35.2 Å². The number of carbonyl (C=O) groups excluding carboxylic acids is 1. The third kappa shape index (κ3) is 4.73. The molecule has 1 heterocycles. The summed E-state index contributed by atoms with van der Waals surface area (Å²) in [5.41, 5.74) is 1.05. The predicted molar refractivity (Wildman–Crippen MR) is 103 cm³/mol. The summed E-state index contributed by atoms with van der Waals surface area (Å²) >= 11 is 0. The van der Waals surface area contributed by atoms with Crippen LogP contribution in [-0.4, -0.2) is 28.2 Å². The average Bonchev–Trinajstić information content (AvgIpc) is 2.67. The molecule has 0 aliphatic rings. The minimum Gasteiger partial charge on any atom is -0.491 e. The van der Waals surface area contributed by atoms with Crippen LogP contribution in [-0.2, 0) is 11.3 Å². The van der Waals surface area contributed by atoms with Crippen molar-refractivity contribution in [3.8, 4) is 5.75 Å². The fourth-order valence-corrected chi connectivity index (χ4v) is 2.69. The molecule has 0 amide bonds. The first-order chi connectivity index (χ1) is 13.0. The molecule has 0 aliphatic carbocycles. The number of aryl methyl sites for hydroxylation is 1. The fourth-order valence-electron chi connectivity index (χ4n) is 2.69. The van der Waals surface area contributed by atoms with E-state index in [1.165, 1.54) is 10.9 Å². The van der Waals surface area contributed by atoms with Crippen molar-refractivity contribution in [3.05, 3.63) is 70.8 Å². The van der Waals surface area contributed by atoms with Gasteiger partial charge in [-0.25, -0.2) is 9.78 Å². The standard InChI is InChI=1S/C21H22N2O4/c1-15(2)27-17-10-8-16(9-11-17)21(25)26-13-5-12-23-14-22-19-7-4-3-6-18(19)20(23)24/h3-4,6-11,14-15H,5,12-13H2,1-2H3. The molecule has 6 nitrogen and oxygen atoms in total. The van der Waals surface area contributed by atoms with Crippen LogP contribution < -0.4 is 10.3 Å². The predicted octanol–water partition coefficient (Wildman–Crippen LogP) is 3.43. The van der Waals surface area contributed by atoms with Crippen molar-refractivity contribution < 1.29 is 14.3 Å². The van der Waals surface area contributed by atoms with Gasteiger partial charge in [0.1, 0.15) is 5.75 Å². The van der Waals surface area contributed by atoms with E-state index in [0.717, 1.165) is 0 Å². The maximum absolute atomic E-state index is 12.4. The van der Waals surface area contributed by atoms with Crippen LogP contribution in [0.5, 0.6) is 5.75 Å². The van der Waals surface area contributed by atoms with Gasteiger partial charge >= 0.3 is 5.97 Å². The van der Waals surface area contributed by atoms with Gasteiger partial charge in [-0.2, -0.15) is 0 Å². The molecule has 6 heteroatoms. The van der Waals surface area contributed by atoms with E-state index in [9.17, 15) is 9.59 Å². The molecule has 3 rings (SSSR count). The van der Waals surface area contributed by atoms with Crippen LogP contribution in [0.3, 0.4) is 0 Å². The smallest absolute Gasteiger partial charge is 0.338 e. The molecule has 0 atom stereocenters. The third-order valence-electron chi connectivity index (χ3n) is 3.97. The number of hydrogen-bond donors (Lipinski definition) is 0. The molecular weight excluding hydrogens is 344 g/mol. The van der Waals surface area contributed by atoms with E-state index >= 15 is 0 Å². The van der Waals surface area contributed by atoms with Crippen molar-refractivity contribution in [3.63, 3.8) is 0 Å². The first-order valence-corrected chi connectivity index (χ1v) is 8.92. The highest BCUT2D eigenvalue weighted by Gasteiger charge is 2.08. The summed E-state index contributed by atoms with van der Waals surface area (Å²) in [6.45, 7) is 4.55. The molecule has 0 saturated carbocycles. The van der Waals surface area contributed by atoms with Crippen LogP contribution in [0.2, 0.25) is 0 Å². The summed E-state index contributed by atoms with van der Waals surface area (Å²) in [6, 6.07) is 14.1. The maximum atomic E-state index is 12.4. The van der Waals surface area contributed by atoms with Crippen LogP contribution >= 0.6 is 0 Å². The van der Waals surface area contributed by atoms with E-state index in [1.54, 1.807) is 36.4 Å². The number of esters is 1. The summed E-state index contributed by atoms with van der Waals surface area (Å²) in [7, 11) is 0. The number of aromatic nitrogens is 2. The van der Waals surface area contributed by atoms with Gasteiger partial charge in [-0.05, 0) is 56.7 Å². The maximum Gasteiger partial charge on any atom is 0.338 e. The van der Waals surface area contributed by atoms with E-state index in [4.69, 9.17) is 9.47 Å². The second kappa shape index (κ2) is 8.49. The molecule has 0 N–H and O–H groups in total. The van der Waals surface area contributed by atoms with Gasteiger partial charge in [0.15, 0.2) is 0 Å². The number of ether oxygens (including phenoxy) is 2. The SMILES string of the molecule is CC(C)Oc1ccc(C(=O)OCCCn2cnc3ccccc3c2=O)cc1. The number of benzene rings is 2. The first kappa shape index (κ1) is 18.6. The highest BCUT2D eigenvalue weighted by molar-refractivity contribution is 5.89. The highest BCUT2D eigenvalue weighted by Crippen LogP contribution is 2.14. The fraction of sp³-hybridized carbons (Fsp3) is 0.286. The van der Waals surface area contributed by atoms with Crippen LogP contribution in [0.4, 0.5) is 0 Å². The molecule has 0 unspecified atom stereocenters. The molecule has 27 heavy (non-hydrogen) atoms. The van der Waals surface area contributed by atoms with Crippen molar-refractivity contribution in [2.75, 3.05) is 6.61 Å². The Hall–Kier alpha value is -3.15. The molecule has 0 radical (unpaired) electrons. The Morgan fingerprint density at radius 3 is 2.59 bits per heavy atom. The highest BCUT2D eigenvalue weighted by atomic mass is 16.5. The number of rotatable bonds is 7. The molecule has 0 bridgehead atoms. The molecule has 0 saturated heterocycles. The summed E-state index contributed by atoms with van der Waals surface area (Å²) < 4.78 is 12.4. The minimum atomic E-state index is -0.393. The monoisotopic (exact) mass is 366 g/mol. The summed E-state index contributed by atoms with van der Waals surface area (Å²) in [6.07, 6.45) is 2.14. The third-order valence-corrected chi connectivity index (χ3v) is 3.97. The van der Waals surface area contributed by atoms with Crippen LogP contribution in [0.15, 0.2) is 59.7 Å². The van der Waals surface area contributed by atoms with Crippen LogP contribution in [0.25, 0.3) is 10.9 Å². The molecule has 140 valence electrons. The van der Waals surface area contributed by atoms with Crippen molar-refractivity contribution >= 4 is 16.9 Å². The summed E-state index contributed by atoms with van der Waals surface area (Å²) in [4.78, 5) is 28.8. The number of carbonyl (C=O) groups is 1. The quantitative estimate of drug-likeness (QED) is 0.473. The van der Waals surface area contributed by atoms with Crippen molar-refractivity contribution in [2.24, 2.45) is 0 Å². The number of para-hydroxylation sites is 1. The normalized spacial score (nSPS) is 10.9. The lowest BCUT2D eigenvalue weighted by Crippen LogP contribution is -2.21. The van der Waals surface area contributed by atoms with Gasteiger partial charge in [0.25, 0.3) is 5.56 Å². The number of fused-ring (bicyclic) bond motifs is 1. The summed E-state index contributed by atoms with van der Waals surface area (Å²) in [5.74, 6) is 0.319. The van der Waals surface area contributed by atoms with E-state index in [1.807, 2.05) is 26.0 Å². The zero-order valence-electron chi connectivity index (χ0n) is 15.4. The summed E-state index contributed by atoms with van der Waals surface area (Å²) in [5, 5.41) is 0.584. The Morgan fingerprint density at radius 1 is 1.11 bits per heavy atom. The second-order valence-electron chi connectivity index (χ2n) is 6.44. The van der Waals surface area contributed by atoms with Crippen molar-refractivity contribution in [1.29, 1.82) is 0 Å². The number of hydrogen-bond acceptors (Lipinski definition) is 5. The Labute approximate surface area is 157 Å². The molecule has 0 aliphatic heterocycles. The first-order valence-electron chi connectivity index (χ1n) is 8.92. The zero-order valence-corrected chi connectivity index (χ0v) is 15.4. The van der Waals surface area contributed by atoms with E-state index < -0.39 is 5.97 Å². The van der Waals surface area contributed by atoms with Crippen LogP contribution in [0.1, 0.15) is 30.6 Å². The lowest BCUT2D eigenvalue weighted by molar-refractivity contribution is 0.0495. The van der Waals surface area contributed by atoms with Gasteiger partial charge in [0, 0.05) is 6.54 Å². The Kier molecular flexibility index (Phi) is 5.86. The minimum absolute atomic E-state index is 0.0794. The van der Waals surface area contributed by atoms with Crippen molar-refractivity contribution in [2.45, 2.75) is 32.9 Å². The molecule has 1 aromatic heterocycles.